The van der Waals surface area contributed by atoms with Gasteiger partial charge in [0.25, 0.3) is 0 Å². The molecule has 27 heavy (non-hydrogen) atoms. The smallest absolute Gasteiger partial charge is 0.155 e. The van der Waals surface area contributed by atoms with Gasteiger partial charge in [-0.15, -0.1) is 0 Å². The molecule has 4 rings (SSSR count). The number of hydrogen-bond donors (Lipinski definition) is 1. The number of ether oxygens (including phenoxy) is 2. The third kappa shape index (κ3) is 3.08. The topological polar surface area (TPSA) is 69.7 Å². The summed E-state index contributed by atoms with van der Waals surface area (Å²) >= 11 is 1.27. The van der Waals surface area contributed by atoms with Crippen molar-refractivity contribution in [2.45, 2.75) is 30.7 Å². The van der Waals surface area contributed by atoms with E-state index in [0.717, 1.165) is 16.7 Å². The summed E-state index contributed by atoms with van der Waals surface area (Å²) in [5.41, 5.74) is 5.95. The molecule has 1 aromatic carbocycles. The third-order valence-electron chi connectivity index (χ3n) is 5.30. The number of methoxy groups -OCH3 is 1. The van der Waals surface area contributed by atoms with Crippen molar-refractivity contribution in [1.82, 2.24) is 4.98 Å². The summed E-state index contributed by atoms with van der Waals surface area (Å²) in [6, 6.07) is 9.63. The van der Waals surface area contributed by atoms with Gasteiger partial charge in [-0.05, 0) is 30.2 Å². The predicted molar refractivity (Wildman–Crippen MR) is 106 cm³/mol. The Morgan fingerprint density at radius 3 is 2.96 bits per heavy atom. The SMILES string of the molecule is COc1cncc(-c2cccc([C@]34CO[C@@H](C)C[C@@]3(F)CSC(N)=N4)c2)c1. The van der Waals surface area contributed by atoms with Gasteiger partial charge in [-0.1, -0.05) is 30.0 Å². The molecule has 0 bridgehead atoms. The van der Waals surface area contributed by atoms with Crippen molar-refractivity contribution >= 4 is 16.9 Å². The fourth-order valence-corrected chi connectivity index (χ4v) is 4.80. The van der Waals surface area contributed by atoms with E-state index in [4.69, 9.17) is 15.2 Å². The second kappa shape index (κ2) is 6.80. The molecule has 0 radical (unpaired) electrons. The summed E-state index contributed by atoms with van der Waals surface area (Å²) < 4.78 is 27.3. The third-order valence-corrected chi connectivity index (χ3v) is 6.29. The van der Waals surface area contributed by atoms with Gasteiger partial charge in [-0.3, -0.25) is 4.98 Å². The molecule has 0 spiro atoms. The summed E-state index contributed by atoms with van der Waals surface area (Å²) in [4.78, 5) is 8.81. The average molecular weight is 387 g/mol. The van der Waals surface area contributed by atoms with E-state index in [2.05, 4.69) is 9.98 Å². The van der Waals surface area contributed by atoms with E-state index in [1.165, 1.54) is 11.8 Å². The van der Waals surface area contributed by atoms with Crippen LogP contribution in [0.2, 0.25) is 0 Å². The summed E-state index contributed by atoms with van der Waals surface area (Å²) in [7, 11) is 1.60. The summed E-state index contributed by atoms with van der Waals surface area (Å²) in [5, 5.41) is 0.398. The van der Waals surface area contributed by atoms with Gasteiger partial charge in [0.15, 0.2) is 10.8 Å². The Morgan fingerprint density at radius 1 is 1.30 bits per heavy atom. The van der Waals surface area contributed by atoms with Gasteiger partial charge < -0.3 is 15.2 Å². The Morgan fingerprint density at radius 2 is 2.15 bits per heavy atom. The highest BCUT2D eigenvalue weighted by Gasteiger charge is 2.59. The van der Waals surface area contributed by atoms with Gasteiger partial charge in [0.2, 0.25) is 0 Å². The fourth-order valence-electron chi connectivity index (χ4n) is 3.85. The number of pyridine rings is 1. The number of nitrogens with zero attached hydrogens (tertiary/aromatic N) is 2. The number of benzene rings is 1. The molecule has 2 N–H and O–H groups in total. The number of halogens is 1. The monoisotopic (exact) mass is 387 g/mol. The van der Waals surface area contributed by atoms with Crippen LogP contribution in [0.15, 0.2) is 47.7 Å². The van der Waals surface area contributed by atoms with E-state index >= 15 is 4.39 Å². The van der Waals surface area contributed by atoms with Crippen LogP contribution in [0.5, 0.6) is 5.75 Å². The minimum Gasteiger partial charge on any atom is -0.495 e. The highest BCUT2D eigenvalue weighted by molar-refractivity contribution is 8.13. The fraction of sp³-hybridized carbons (Fsp3) is 0.400. The molecular formula is C20H22FN3O2S. The van der Waals surface area contributed by atoms with Gasteiger partial charge >= 0.3 is 0 Å². The van der Waals surface area contributed by atoms with Crippen LogP contribution < -0.4 is 10.5 Å². The van der Waals surface area contributed by atoms with Gasteiger partial charge in [0, 0.05) is 23.9 Å². The molecule has 3 heterocycles. The lowest BCUT2D eigenvalue weighted by Crippen LogP contribution is -2.60. The number of alkyl halides is 1. The van der Waals surface area contributed by atoms with E-state index < -0.39 is 11.2 Å². The van der Waals surface area contributed by atoms with Crippen LogP contribution >= 0.6 is 11.8 Å². The maximum Gasteiger partial charge on any atom is 0.155 e. The number of thioether (sulfide) groups is 1. The van der Waals surface area contributed by atoms with Crippen molar-refractivity contribution in [1.29, 1.82) is 0 Å². The maximum atomic E-state index is 16.1. The Hall–Kier alpha value is -2.12. The maximum absolute atomic E-state index is 16.1. The zero-order valence-corrected chi connectivity index (χ0v) is 16.1. The van der Waals surface area contributed by atoms with Gasteiger partial charge in [-0.25, -0.2) is 9.38 Å². The summed E-state index contributed by atoms with van der Waals surface area (Å²) in [6.45, 7) is 2.07. The van der Waals surface area contributed by atoms with E-state index in [-0.39, 0.29) is 18.5 Å². The number of fused-ring (bicyclic) bond motifs is 1. The standard InChI is InChI=1S/C20H22FN3O2S/c1-13-8-19(21)12-27-18(22)24-20(19,11-26-13)16-5-3-4-14(6-16)15-7-17(25-2)10-23-9-15/h3-7,9-10,13H,8,11-12H2,1-2H3,(H2,22,24)/t13-,19+,20+/m0/s1. The first kappa shape index (κ1) is 18.3. The zero-order chi connectivity index (χ0) is 19.1. The van der Waals surface area contributed by atoms with Crippen molar-refractivity contribution in [3.05, 3.63) is 48.3 Å². The Kier molecular flexibility index (Phi) is 4.60. The molecule has 2 aromatic rings. The Balaban J connectivity index is 1.83. The molecule has 0 unspecified atom stereocenters. The number of rotatable bonds is 3. The molecule has 0 aliphatic carbocycles. The number of nitrogens with two attached hydrogens (primary N) is 1. The molecule has 1 fully saturated rings. The Bertz CT molecular complexity index is 893. The summed E-state index contributed by atoms with van der Waals surface area (Å²) in [5.74, 6) is 0.947. The number of amidine groups is 1. The number of aliphatic imine (C=N–C) groups is 1. The lowest BCUT2D eigenvalue weighted by Gasteiger charge is -2.49. The van der Waals surface area contributed by atoms with Crippen molar-refractivity contribution in [2.24, 2.45) is 10.7 Å². The van der Waals surface area contributed by atoms with E-state index in [1.54, 1.807) is 19.5 Å². The highest BCUT2D eigenvalue weighted by atomic mass is 32.2. The molecule has 2 aliphatic heterocycles. The average Bonchev–Trinajstić information content (AvgIpc) is 2.68. The Labute approximate surface area is 162 Å². The van der Waals surface area contributed by atoms with Crippen LogP contribution in [0.3, 0.4) is 0 Å². The molecule has 2 aliphatic rings. The normalized spacial score (nSPS) is 30.3. The van der Waals surface area contributed by atoms with Crippen LogP contribution in [-0.4, -0.2) is 41.4 Å². The summed E-state index contributed by atoms with van der Waals surface area (Å²) in [6.07, 6.45) is 3.56. The minimum absolute atomic E-state index is 0.149. The predicted octanol–water partition coefficient (Wildman–Crippen LogP) is 3.53. The van der Waals surface area contributed by atoms with Crippen molar-refractivity contribution in [2.75, 3.05) is 19.5 Å². The number of aromatic nitrogens is 1. The van der Waals surface area contributed by atoms with Crippen LogP contribution in [0.1, 0.15) is 18.9 Å². The van der Waals surface area contributed by atoms with Crippen LogP contribution in [-0.2, 0) is 10.3 Å². The van der Waals surface area contributed by atoms with Gasteiger partial charge in [-0.2, -0.15) is 0 Å². The van der Waals surface area contributed by atoms with Crippen LogP contribution in [0, 0.1) is 0 Å². The lowest BCUT2D eigenvalue weighted by atomic mass is 9.72. The van der Waals surface area contributed by atoms with Crippen molar-refractivity contribution < 1.29 is 13.9 Å². The zero-order valence-electron chi connectivity index (χ0n) is 15.3. The van der Waals surface area contributed by atoms with E-state index in [0.29, 0.717) is 17.3 Å². The van der Waals surface area contributed by atoms with Gasteiger partial charge in [0.05, 0.1) is 26.0 Å². The molecule has 7 heteroatoms. The lowest BCUT2D eigenvalue weighted by molar-refractivity contribution is -0.106. The van der Waals surface area contributed by atoms with Crippen LogP contribution in [0.25, 0.3) is 11.1 Å². The van der Waals surface area contributed by atoms with Crippen molar-refractivity contribution in [3.8, 4) is 16.9 Å². The largest absolute Gasteiger partial charge is 0.495 e. The molecular weight excluding hydrogens is 365 g/mol. The molecule has 1 saturated heterocycles. The van der Waals surface area contributed by atoms with Crippen LogP contribution in [0.4, 0.5) is 4.39 Å². The number of hydrogen-bond acceptors (Lipinski definition) is 6. The minimum atomic E-state index is -1.51. The molecule has 1 aromatic heterocycles. The molecule has 3 atom stereocenters. The first-order valence-electron chi connectivity index (χ1n) is 8.84. The van der Waals surface area contributed by atoms with E-state index in [1.807, 2.05) is 37.3 Å². The molecule has 142 valence electrons. The molecule has 0 amide bonds. The molecule has 0 saturated carbocycles. The van der Waals surface area contributed by atoms with Crippen molar-refractivity contribution in [3.63, 3.8) is 0 Å². The van der Waals surface area contributed by atoms with Gasteiger partial charge in [0.1, 0.15) is 11.3 Å². The first-order chi connectivity index (χ1) is 13.0. The quantitative estimate of drug-likeness (QED) is 0.872. The first-order valence-corrected chi connectivity index (χ1v) is 9.83. The second-order valence-electron chi connectivity index (χ2n) is 7.08. The molecule has 5 nitrogen and oxygen atoms in total. The highest BCUT2D eigenvalue weighted by Crippen LogP contribution is 2.51. The second-order valence-corrected chi connectivity index (χ2v) is 8.08. The van der Waals surface area contributed by atoms with E-state index in [9.17, 15) is 0 Å².